The minimum absolute atomic E-state index is 0.247. The number of allylic oxidation sites excluding steroid dienone is 3. The Kier molecular flexibility index (Phi) is 6.02. The van der Waals surface area contributed by atoms with Gasteiger partial charge in [-0.1, -0.05) is 12.7 Å². The van der Waals surface area contributed by atoms with E-state index in [1.165, 1.54) is 25.5 Å². The average Bonchev–Trinajstić information content (AvgIpc) is 2.51. The topological polar surface area (TPSA) is 72.3 Å². The fraction of sp³-hybridized carbons (Fsp3) is 0.400. The van der Waals surface area contributed by atoms with E-state index in [-0.39, 0.29) is 5.16 Å². The number of halogens is 1. The van der Waals surface area contributed by atoms with Crippen LogP contribution in [0, 0.1) is 0 Å². The summed E-state index contributed by atoms with van der Waals surface area (Å²) < 4.78 is 25.1. The number of aliphatic imine (C=N–C) groups is 1. The predicted molar refractivity (Wildman–Crippen MR) is 90.0 cm³/mol. The van der Waals surface area contributed by atoms with Gasteiger partial charge in [0.2, 0.25) is 15.0 Å². The lowest BCUT2D eigenvalue weighted by molar-refractivity contribution is 0.559. The van der Waals surface area contributed by atoms with Crippen LogP contribution in [0.25, 0.3) is 0 Å². The van der Waals surface area contributed by atoms with Gasteiger partial charge in [-0.05, 0) is 39.3 Å². The molecule has 0 saturated carbocycles. The van der Waals surface area contributed by atoms with Gasteiger partial charge in [-0.3, -0.25) is 4.99 Å². The maximum absolute atomic E-state index is 12.6. The number of sulfone groups is 1. The molecule has 120 valence electrons. The van der Waals surface area contributed by atoms with Crippen molar-refractivity contribution in [1.82, 2.24) is 9.97 Å². The zero-order chi connectivity index (χ0) is 17.0. The smallest absolute Gasteiger partial charge is 0.247 e. The van der Waals surface area contributed by atoms with Crippen molar-refractivity contribution in [2.75, 3.05) is 0 Å². The Hall–Kier alpha value is -1.53. The molecule has 0 aliphatic carbocycles. The summed E-state index contributed by atoms with van der Waals surface area (Å²) in [6.45, 7) is 10.6. The van der Waals surface area contributed by atoms with Crippen LogP contribution in [0.2, 0.25) is 0 Å². The molecule has 1 aromatic heterocycles. The van der Waals surface area contributed by atoms with Gasteiger partial charge in [0.25, 0.3) is 0 Å². The molecule has 0 aliphatic rings. The summed E-state index contributed by atoms with van der Waals surface area (Å²) in [5.41, 5.74) is 1.19. The molecular weight excluding hydrogens is 322 g/mol. The van der Waals surface area contributed by atoms with Crippen LogP contribution in [0.15, 0.2) is 52.5 Å². The standard InChI is InChI=1S/C15H20ClN3O2S/c1-6-12(3)19-10-11(2)15(5,16)13(4)22(20,21)14-17-8-7-9-18-14/h6-10,13H,2H2,1,3-5H3/b12-6-,19-10-/t13-,15-/m1/s1. The van der Waals surface area contributed by atoms with Crippen molar-refractivity contribution >= 4 is 27.7 Å². The van der Waals surface area contributed by atoms with Gasteiger partial charge in [-0.25, -0.2) is 18.4 Å². The SMILES string of the molecule is C=C(/C=N\C(C)=C/C)[C@@](C)(Cl)[C@@H](C)S(=O)(=O)c1ncccn1. The van der Waals surface area contributed by atoms with Gasteiger partial charge in [0.05, 0.1) is 10.1 Å². The number of nitrogens with zero attached hydrogens (tertiary/aromatic N) is 3. The van der Waals surface area contributed by atoms with Crippen molar-refractivity contribution in [3.63, 3.8) is 0 Å². The van der Waals surface area contributed by atoms with E-state index < -0.39 is 20.0 Å². The summed E-state index contributed by atoms with van der Waals surface area (Å²) in [5, 5.41) is -1.21. The lowest BCUT2D eigenvalue weighted by atomic mass is 9.99. The zero-order valence-electron chi connectivity index (χ0n) is 13.1. The van der Waals surface area contributed by atoms with E-state index in [0.29, 0.717) is 5.57 Å². The summed E-state index contributed by atoms with van der Waals surface area (Å²) in [6, 6.07) is 1.55. The van der Waals surface area contributed by atoms with Crippen molar-refractivity contribution in [1.29, 1.82) is 0 Å². The minimum Gasteiger partial charge on any atom is -0.262 e. The third-order valence-electron chi connectivity index (χ3n) is 3.50. The van der Waals surface area contributed by atoms with Crippen molar-refractivity contribution in [2.24, 2.45) is 4.99 Å². The zero-order valence-corrected chi connectivity index (χ0v) is 14.7. The predicted octanol–water partition coefficient (Wildman–Crippen LogP) is 3.19. The number of rotatable bonds is 6. The molecule has 1 rings (SSSR count). The van der Waals surface area contributed by atoms with E-state index in [9.17, 15) is 8.42 Å². The second-order valence-electron chi connectivity index (χ2n) is 5.01. The summed E-state index contributed by atoms with van der Waals surface area (Å²) in [6.07, 6.45) is 6.07. The van der Waals surface area contributed by atoms with Gasteiger partial charge in [0.1, 0.15) is 0 Å². The third-order valence-corrected chi connectivity index (χ3v) is 6.32. The first kappa shape index (κ1) is 18.5. The fourth-order valence-electron chi connectivity index (χ4n) is 1.52. The summed E-state index contributed by atoms with van der Waals surface area (Å²) >= 11 is 6.45. The molecule has 0 spiro atoms. The monoisotopic (exact) mass is 341 g/mol. The van der Waals surface area contributed by atoms with E-state index in [1.54, 1.807) is 13.0 Å². The number of hydrogen-bond acceptors (Lipinski definition) is 5. The Morgan fingerprint density at radius 3 is 2.50 bits per heavy atom. The normalized spacial score (nSPS) is 17.2. The second kappa shape index (κ2) is 7.15. The quantitative estimate of drug-likeness (QED) is 0.452. The molecule has 7 heteroatoms. The van der Waals surface area contributed by atoms with E-state index >= 15 is 0 Å². The molecule has 0 saturated heterocycles. The second-order valence-corrected chi connectivity index (χ2v) is 7.96. The van der Waals surface area contributed by atoms with Gasteiger partial charge in [-0.2, -0.15) is 0 Å². The third kappa shape index (κ3) is 4.01. The van der Waals surface area contributed by atoms with E-state index in [2.05, 4.69) is 21.5 Å². The molecule has 5 nitrogen and oxygen atoms in total. The van der Waals surface area contributed by atoms with Gasteiger partial charge in [0, 0.05) is 24.3 Å². The first-order chi connectivity index (χ1) is 10.1. The molecule has 0 aliphatic heterocycles. The molecule has 0 aromatic carbocycles. The molecule has 0 unspecified atom stereocenters. The van der Waals surface area contributed by atoms with Crippen LogP contribution in [-0.2, 0) is 9.84 Å². The summed E-state index contributed by atoms with van der Waals surface area (Å²) in [5.74, 6) is 0. The van der Waals surface area contributed by atoms with Crippen molar-refractivity contribution < 1.29 is 8.42 Å². The molecule has 0 radical (unpaired) electrons. The molecule has 1 aromatic rings. The maximum Gasteiger partial charge on any atom is 0.247 e. The van der Waals surface area contributed by atoms with Gasteiger partial charge >= 0.3 is 0 Å². The van der Waals surface area contributed by atoms with Gasteiger partial charge in [-0.15, -0.1) is 11.6 Å². The first-order valence-corrected chi connectivity index (χ1v) is 8.62. The van der Waals surface area contributed by atoms with Crippen LogP contribution in [0.4, 0.5) is 0 Å². The van der Waals surface area contributed by atoms with Crippen molar-refractivity contribution in [3.05, 3.63) is 42.4 Å². The molecule has 0 fully saturated rings. The van der Waals surface area contributed by atoms with Gasteiger partial charge in [0.15, 0.2) is 0 Å². The molecule has 0 bridgehead atoms. The van der Waals surface area contributed by atoms with E-state index in [4.69, 9.17) is 11.6 Å². The van der Waals surface area contributed by atoms with Crippen molar-refractivity contribution in [3.8, 4) is 0 Å². The Labute approximate surface area is 136 Å². The molecule has 1 heterocycles. The Bertz CT molecular complexity index is 695. The van der Waals surface area contributed by atoms with Gasteiger partial charge < -0.3 is 0 Å². The summed E-state index contributed by atoms with van der Waals surface area (Å²) in [7, 11) is -3.78. The Morgan fingerprint density at radius 2 is 2.00 bits per heavy atom. The Morgan fingerprint density at radius 1 is 1.45 bits per heavy atom. The number of hydrogen-bond donors (Lipinski definition) is 0. The Balaban J connectivity index is 3.12. The van der Waals surface area contributed by atoms with Crippen LogP contribution in [-0.4, -0.2) is 34.7 Å². The first-order valence-electron chi connectivity index (χ1n) is 6.70. The van der Waals surface area contributed by atoms with Crippen LogP contribution >= 0.6 is 11.6 Å². The average molecular weight is 342 g/mol. The molecule has 22 heavy (non-hydrogen) atoms. The highest BCUT2D eigenvalue weighted by Gasteiger charge is 2.41. The maximum atomic E-state index is 12.6. The largest absolute Gasteiger partial charge is 0.262 e. The lowest BCUT2D eigenvalue weighted by Gasteiger charge is -2.28. The minimum atomic E-state index is -3.78. The molecule has 0 N–H and O–H groups in total. The molecule has 0 amide bonds. The highest BCUT2D eigenvalue weighted by atomic mass is 35.5. The van der Waals surface area contributed by atoms with E-state index in [0.717, 1.165) is 5.70 Å². The van der Waals surface area contributed by atoms with Crippen molar-refractivity contribution in [2.45, 2.75) is 43.0 Å². The fourth-order valence-corrected chi connectivity index (χ4v) is 3.39. The van der Waals surface area contributed by atoms with Crippen LogP contribution in [0.3, 0.4) is 0 Å². The number of aromatic nitrogens is 2. The van der Waals surface area contributed by atoms with Crippen LogP contribution < -0.4 is 0 Å². The lowest BCUT2D eigenvalue weighted by Crippen LogP contribution is -2.40. The molecular formula is C15H20ClN3O2S. The highest BCUT2D eigenvalue weighted by molar-refractivity contribution is 7.92. The van der Waals surface area contributed by atoms with Crippen LogP contribution in [0.5, 0.6) is 0 Å². The van der Waals surface area contributed by atoms with E-state index in [1.807, 2.05) is 19.9 Å². The van der Waals surface area contributed by atoms with Crippen LogP contribution in [0.1, 0.15) is 27.7 Å². The number of alkyl halides is 1. The molecule has 2 atom stereocenters. The summed E-state index contributed by atoms with van der Waals surface area (Å²) in [4.78, 5) is 10.5. The highest BCUT2D eigenvalue weighted by Crippen LogP contribution is 2.33.